The van der Waals surface area contributed by atoms with E-state index < -0.39 is 10.0 Å². The molecular formula is C21H19ClN6O3S. The highest BCUT2D eigenvalue weighted by molar-refractivity contribution is 7.89. The van der Waals surface area contributed by atoms with Crippen molar-refractivity contribution in [1.29, 1.82) is 5.26 Å². The number of nitriles is 1. The van der Waals surface area contributed by atoms with Gasteiger partial charge in [0.25, 0.3) is 5.91 Å². The Morgan fingerprint density at radius 3 is 2.41 bits per heavy atom. The standard InChI is InChI=1S/C21H19ClN6O3S/c1-15-24-20(25-28(15)18-8-4-3-7-17(18)22)21(29)26-10-12-27(13-11-26)32(30,31)19-9-5-2-6-16(19)14-23/h2-9H,10-13H2,1H3. The number of aryl methyl sites for hydroxylation is 1. The van der Waals surface area contributed by atoms with Crippen LogP contribution in [0.5, 0.6) is 0 Å². The number of nitrogens with zero attached hydrogens (tertiary/aromatic N) is 6. The van der Waals surface area contributed by atoms with Crippen molar-refractivity contribution in [1.82, 2.24) is 24.0 Å². The number of sulfonamides is 1. The quantitative estimate of drug-likeness (QED) is 0.578. The smallest absolute Gasteiger partial charge is 0.293 e. The van der Waals surface area contributed by atoms with Crippen LogP contribution >= 0.6 is 11.6 Å². The first-order valence-corrected chi connectivity index (χ1v) is 11.6. The number of carbonyl (C=O) groups is 1. The monoisotopic (exact) mass is 470 g/mol. The number of rotatable bonds is 4. The molecular weight excluding hydrogens is 452 g/mol. The van der Waals surface area contributed by atoms with Crippen molar-refractivity contribution in [2.75, 3.05) is 26.2 Å². The second-order valence-corrected chi connectivity index (χ2v) is 9.46. The summed E-state index contributed by atoms with van der Waals surface area (Å²) in [5.74, 6) is 0.151. The van der Waals surface area contributed by atoms with E-state index >= 15 is 0 Å². The molecule has 1 aliphatic heterocycles. The Morgan fingerprint density at radius 1 is 1.06 bits per heavy atom. The molecule has 9 nitrogen and oxygen atoms in total. The van der Waals surface area contributed by atoms with E-state index in [2.05, 4.69) is 10.1 Å². The van der Waals surface area contributed by atoms with Crippen molar-refractivity contribution in [3.8, 4) is 11.8 Å². The highest BCUT2D eigenvalue weighted by Gasteiger charge is 2.33. The van der Waals surface area contributed by atoms with E-state index in [9.17, 15) is 18.5 Å². The number of amides is 1. The second kappa shape index (κ2) is 8.70. The van der Waals surface area contributed by atoms with Crippen molar-refractivity contribution in [3.63, 3.8) is 0 Å². The molecule has 0 radical (unpaired) electrons. The third-order valence-electron chi connectivity index (χ3n) is 5.19. The summed E-state index contributed by atoms with van der Waals surface area (Å²) in [6.45, 7) is 2.32. The molecule has 2 heterocycles. The van der Waals surface area contributed by atoms with E-state index in [4.69, 9.17) is 11.6 Å². The first-order valence-electron chi connectivity index (χ1n) is 9.80. The number of hydrogen-bond acceptors (Lipinski definition) is 6. The zero-order chi connectivity index (χ0) is 22.9. The summed E-state index contributed by atoms with van der Waals surface area (Å²) in [5, 5.41) is 14.0. The molecule has 0 bridgehead atoms. The maximum absolute atomic E-state index is 13.0. The van der Waals surface area contributed by atoms with Crippen LogP contribution in [-0.2, 0) is 10.0 Å². The molecule has 0 unspecified atom stereocenters. The molecule has 0 spiro atoms. The number of halogens is 1. The molecule has 1 aromatic heterocycles. The van der Waals surface area contributed by atoms with Crippen LogP contribution in [0.1, 0.15) is 22.0 Å². The maximum Gasteiger partial charge on any atom is 0.293 e. The minimum Gasteiger partial charge on any atom is -0.333 e. The van der Waals surface area contributed by atoms with Gasteiger partial charge in [0, 0.05) is 26.2 Å². The van der Waals surface area contributed by atoms with Gasteiger partial charge >= 0.3 is 0 Å². The molecule has 3 aromatic rings. The normalized spacial score (nSPS) is 14.8. The lowest BCUT2D eigenvalue weighted by atomic mass is 10.2. The Bertz CT molecular complexity index is 1320. The molecule has 4 rings (SSSR count). The van der Waals surface area contributed by atoms with Crippen LogP contribution in [0, 0.1) is 18.3 Å². The SMILES string of the molecule is Cc1nc(C(=O)N2CCN(S(=O)(=O)c3ccccc3C#N)CC2)nn1-c1ccccc1Cl. The minimum absolute atomic E-state index is 0.0218. The number of benzene rings is 2. The Hall–Kier alpha value is -3.26. The van der Waals surface area contributed by atoms with E-state index in [0.717, 1.165) is 0 Å². The lowest BCUT2D eigenvalue weighted by Gasteiger charge is -2.33. The molecule has 32 heavy (non-hydrogen) atoms. The van der Waals surface area contributed by atoms with Crippen molar-refractivity contribution >= 4 is 27.5 Å². The van der Waals surface area contributed by atoms with Gasteiger partial charge < -0.3 is 4.90 Å². The van der Waals surface area contributed by atoms with Gasteiger partial charge in [-0.3, -0.25) is 4.79 Å². The van der Waals surface area contributed by atoms with E-state index in [1.165, 1.54) is 26.0 Å². The molecule has 0 atom stereocenters. The van der Waals surface area contributed by atoms with Crippen molar-refractivity contribution in [2.24, 2.45) is 0 Å². The molecule has 0 N–H and O–H groups in total. The second-order valence-electron chi connectivity index (χ2n) is 7.15. The van der Waals surface area contributed by atoms with Crippen molar-refractivity contribution < 1.29 is 13.2 Å². The topological polar surface area (TPSA) is 112 Å². The van der Waals surface area contributed by atoms with Crippen LogP contribution in [0.15, 0.2) is 53.4 Å². The largest absolute Gasteiger partial charge is 0.333 e. The molecule has 164 valence electrons. The molecule has 1 saturated heterocycles. The number of para-hydroxylation sites is 1. The Kier molecular flexibility index (Phi) is 5.97. The summed E-state index contributed by atoms with van der Waals surface area (Å²) >= 11 is 6.23. The van der Waals surface area contributed by atoms with Crippen molar-refractivity contribution in [3.05, 3.63) is 70.8 Å². The highest BCUT2D eigenvalue weighted by atomic mass is 35.5. The van der Waals surface area contributed by atoms with E-state index in [1.807, 2.05) is 12.1 Å². The Balaban J connectivity index is 1.50. The first-order chi connectivity index (χ1) is 15.3. The fourth-order valence-electron chi connectivity index (χ4n) is 3.53. The van der Waals surface area contributed by atoms with Crippen LogP contribution in [-0.4, -0.2) is 64.5 Å². The minimum atomic E-state index is -3.84. The third kappa shape index (κ3) is 3.98. The number of carbonyl (C=O) groups excluding carboxylic acids is 1. The predicted octanol–water partition coefficient (Wildman–Crippen LogP) is 2.25. The van der Waals surface area contributed by atoms with Gasteiger partial charge in [-0.2, -0.15) is 9.57 Å². The van der Waals surface area contributed by atoms with E-state index in [0.29, 0.717) is 16.5 Å². The molecule has 0 aliphatic carbocycles. The predicted molar refractivity (Wildman–Crippen MR) is 117 cm³/mol. The number of piperazine rings is 1. The fraction of sp³-hybridized carbons (Fsp3) is 0.238. The lowest BCUT2D eigenvalue weighted by molar-refractivity contribution is 0.0685. The molecule has 1 amide bonds. The van der Waals surface area contributed by atoms with Gasteiger partial charge in [0.05, 0.1) is 21.2 Å². The summed E-state index contributed by atoms with van der Waals surface area (Å²) in [6, 6.07) is 15.1. The number of aromatic nitrogens is 3. The summed E-state index contributed by atoms with van der Waals surface area (Å²) in [6.07, 6.45) is 0. The lowest BCUT2D eigenvalue weighted by Crippen LogP contribution is -2.50. The molecule has 11 heteroatoms. The molecule has 2 aromatic carbocycles. The summed E-state index contributed by atoms with van der Waals surface area (Å²) in [7, 11) is -3.84. The third-order valence-corrected chi connectivity index (χ3v) is 7.47. The van der Waals surface area contributed by atoms with Gasteiger partial charge in [0.15, 0.2) is 0 Å². The van der Waals surface area contributed by atoms with Crippen LogP contribution in [0.3, 0.4) is 0 Å². The van der Waals surface area contributed by atoms with Gasteiger partial charge in [0.2, 0.25) is 15.8 Å². The van der Waals surface area contributed by atoms with Gasteiger partial charge in [-0.1, -0.05) is 35.9 Å². The number of hydrogen-bond donors (Lipinski definition) is 0. The van der Waals surface area contributed by atoms with Gasteiger partial charge in [-0.25, -0.2) is 18.1 Å². The maximum atomic E-state index is 13.0. The molecule has 0 saturated carbocycles. The van der Waals surface area contributed by atoms with E-state index in [1.54, 1.807) is 37.3 Å². The van der Waals surface area contributed by atoms with Crippen LogP contribution in [0.4, 0.5) is 0 Å². The summed E-state index contributed by atoms with van der Waals surface area (Å²) < 4.78 is 28.8. The van der Waals surface area contributed by atoms with Crippen LogP contribution in [0.25, 0.3) is 5.69 Å². The summed E-state index contributed by atoms with van der Waals surface area (Å²) in [5.41, 5.74) is 0.709. The highest BCUT2D eigenvalue weighted by Crippen LogP contribution is 2.23. The van der Waals surface area contributed by atoms with Crippen LogP contribution in [0.2, 0.25) is 5.02 Å². The van der Waals surface area contributed by atoms with Crippen molar-refractivity contribution in [2.45, 2.75) is 11.8 Å². The Labute approximate surface area is 190 Å². The zero-order valence-electron chi connectivity index (χ0n) is 17.1. The van der Waals surface area contributed by atoms with Gasteiger partial charge in [0.1, 0.15) is 11.9 Å². The average molecular weight is 471 g/mol. The van der Waals surface area contributed by atoms with Crippen LogP contribution < -0.4 is 0 Å². The van der Waals surface area contributed by atoms with Gasteiger partial charge in [-0.15, -0.1) is 5.10 Å². The van der Waals surface area contributed by atoms with Gasteiger partial charge in [-0.05, 0) is 31.2 Å². The molecule has 1 aliphatic rings. The molecule has 1 fully saturated rings. The fourth-order valence-corrected chi connectivity index (χ4v) is 5.31. The Morgan fingerprint density at radius 2 is 1.72 bits per heavy atom. The summed E-state index contributed by atoms with van der Waals surface area (Å²) in [4.78, 5) is 18.7. The average Bonchev–Trinajstić information content (AvgIpc) is 3.20. The zero-order valence-corrected chi connectivity index (χ0v) is 18.7. The first kappa shape index (κ1) is 22.0. The van der Waals surface area contributed by atoms with E-state index in [-0.39, 0.29) is 48.4 Å².